The molecule has 1 aliphatic rings. The van der Waals surface area contributed by atoms with E-state index in [0.717, 1.165) is 11.3 Å². The van der Waals surface area contributed by atoms with Crippen LogP contribution in [0, 0.1) is 11.3 Å². The highest BCUT2D eigenvalue weighted by molar-refractivity contribution is 7.16. The molecule has 2 aromatic heterocycles. The van der Waals surface area contributed by atoms with Gasteiger partial charge in [0, 0.05) is 12.1 Å². The van der Waals surface area contributed by atoms with Gasteiger partial charge in [0.15, 0.2) is 17.4 Å². The highest BCUT2D eigenvalue weighted by Gasteiger charge is 2.40. The smallest absolute Gasteiger partial charge is 0.348 e. The molecule has 1 aliphatic carbocycles. The average Bonchev–Trinajstić information content (AvgIpc) is 3.06. The number of rotatable bonds is 2. The van der Waals surface area contributed by atoms with Crippen molar-refractivity contribution < 1.29 is 23.7 Å². The maximum atomic E-state index is 12.7. The Morgan fingerprint density at radius 3 is 2.54 bits per heavy atom. The van der Waals surface area contributed by atoms with Crippen LogP contribution in [0.2, 0.25) is 0 Å². The Labute approximate surface area is 145 Å². The van der Waals surface area contributed by atoms with Crippen molar-refractivity contribution in [2.75, 3.05) is 7.11 Å². The lowest BCUT2D eigenvalue weighted by Crippen LogP contribution is -2.39. The van der Waals surface area contributed by atoms with Crippen LogP contribution in [0.4, 0.5) is 0 Å². The van der Waals surface area contributed by atoms with Gasteiger partial charge in [-0.05, 0) is 6.07 Å². The van der Waals surface area contributed by atoms with Crippen molar-refractivity contribution in [2.24, 2.45) is 0 Å². The van der Waals surface area contributed by atoms with Gasteiger partial charge in [0.25, 0.3) is 11.5 Å². The molecule has 118 valence electrons. The molecule has 2 heterocycles. The predicted molar refractivity (Wildman–Crippen MR) is 84.7 cm³/mol. The first-order chi connectivity index (χ1) is 11.5. The fraction of sp³-hybridized carbons (Fsp3) is 0.0625. The van der Waals surface area contributed by atoms with Crippen molar-refractivity contribution in [3.63, 3.8) is 0 Å². The topological polar surface area (TPSA) is 88.1 Å². The zero-order valence-corrected chi connectivity index (χ0v) is 13.8. The second-order valence-corrected chi connectivity index (χ2v) is 6.20. The Hall–Kier alpha value is -2.82. The number of methoxy groups -OCH3 is 1. The first-order valence-corrected chi connectivity index (χ1v) is 7.80. The molecule has 0 aromatic carbocycles. The number of hydrogen-bond donors (Lipinski definition) is 0. The summed E-state index contributed by atoms with van der Waals surface area (Å²) in [5.41, 5.74) is 0.497. The third-order valence-corrected chi connectivity index (χ3v) is 4.87. The van der Waals surface area contributed by atoms with E-state index in [4.69, 9.17) is 16.9 Å². The minimum Gasteiger partial charge on any atom is -0.465 e. The molecule has 0 spiro atoms. The summed E-state index contributed by atoms with van der Waals surface area (Å²) < 4.78 is 5.99. The van der Waals surface area contributed by atoms with E-state index in [-0.39, 0.29) is 26.0 Å². The van der Waals surface area contributed by atoms with Gasteiger partial charge in [-0.25, -0.2) is 4.79 Å². The second kappa shape index (κ2) is 6.00. The van der Waals surface area contributed by atoms with E-state index < -0.39 is 17.5 Å². The standard InChI is InChI=1S/C16H8ClN2O4S/c1-23-16(22)10-6-9-13(20)12(11(17)14(21)15(9)24-10)19-4-2-8(7-18)3-5-19/h2-6H,1H3/q+1. The second-order valence-electron chi connectivity index (χ2n) is 4.77. The van der Waals surface area contributed by atoms with E-state index in [2.05, 4.69) is 4.74 Å². The number of pyridine rings is 1. The van der Waals surface area contributed by atoms with E-state index in [1.54, 1.807) is 0 Å². The number of fused-ring (bicyclic) bond motifs is 1. The first kappa shape index (κ1) is 16.1. The molecule has 0 fully saturated rings. The highest BCUT2D eigenvalue weighted by atomic mass is 35.5. The van der Waals surface area contributed by atoms with Gasteiger partial charge in [0.1, 0.15) is 4.88 Å². The van der Waals surface area contributed by atoms with Gasteiger partial charge < -0.3 is 4.74 Å². The number of hydrogen-bond acceptors (Lipinski definition) is 6. The van der Waals surface area contributed by atoms with Crippen LogP contribution in [-0.4, -0.2) is 24.6 Å². The van der Waals surface area contributed by atoms with Gasteiger partial charge in [-0.15, -0.1) is 11.3 Å². The number of nitriles is 1. The van der Waals surface area contributed by atoms with Crippen molar-refractivity contribution in [3.8, 4) is 6.07 Å². The number of esters is 1. The Bertz CT molecular complexity index is 967. The summed E-state index contributed by atoms with van der Waals surface area (Å²) in [5, 5.41) is 8.60. The molecule has 6 nitrogen and oxygen atoms in total. The molecule has 0 unspecified atom stereocenters. The lowest BCUT2D eigenvalue weighted by atomic mass is 9.99. The summed E-state index contributed by atoms with van der Waals surface area (Å²) in [5.74, 6) is -1.63. The fourth-order valence-corrected chi connectivity index (χ4v) is 3.60. The first-order valence-electron chi connectivity index (χ1n) is 6.61. The van der Waals surface area contributed by atoms with Crippen molar-refractivity contribution in [2.45, 2.75) is 0 Å². The molecule has 3 rings (SSSR count). The van der Waals surface area contributed by atoms with E-state index in [0.29, 0.717) is 5.56 Å². The summed E-state index contributed by atoms with van der Waals surface area (Å²) in [6.07, 6.45) is 2.94. The van der Waals surface area contributed by atoms with Crippen LogP contribution in [0.15, 0.2) is 35.6 Å². The zero-order chi connectivity index (χ0) is 17.4. The van der Waals surface area contributed by atoms with Crippen molar-refractivity contribution in [3.05, 3.63) is 56.5 Å². The quantitative estimate of drug-likeness (QED) is 0.605. The normalized spacial score (nSPS) is 13.5. The van der Waals surface area contributed by atoms with Crippen molar-refractivity contribution in [1.29, 1.82) is 5.26 Å². The van der Waals surface area contributed by atoms with Crippen molar-refractivity contribution in [1.82, 2.24) is 0 Å². The predicted octanol–water partition coefficient (Wildman–Crippen LogP) is 2.18. The summed E-state index contributed by atoms with van der Waals surface area (Å²) in [7, 11) is 1.22. The number of halogens is 1. The van der Waals surface area contributed by atoms with Crippen LogP contribution in [0.1, 0.15) is 35.3 Å². The molecule has 24 heavy (non-hydrogen) atoms. The fourth-order valence-electron chi connectivity index (χ4n) is 2.24. The minimum absolute atomic E-state index is 0.0205. The monoisotopic (exact) mass is 359 g/mol. The number of carbonyl (C=O) groups excluding carboxylic acids is 3. The van der Waals surface area contributed by atoms with Gasteiger partial charge >= 0.3 is 5.97 Å². The molecule has 8 heteroatoms. The summed E-state index contributed by atoms with van der Waals surface area (Å²) in [6, 6.07) is 6.29. The third-order valence-electron chi connectivity index (χ3n) is 3.41. The number of carbonyl (C=O) groups is 3. The highest BCUT2D eigenvalue weighted by Crippen LogP contribution is 2.34. The van der Waals surface area contributed by atoms with E-state index >= 15 is 0 Å². The van der Waals surface area contributed by atoms with Crippen LogP contribution >= 0.6 is 22.9 Å². The number of aromatic nitrogens is 1. The van der Waals surface area contributed by atoms with Crippen LogP contribution in [0.25, 0.3) is 5.70 Å². The lowest BCUT2D eigenvalue weighted by molar-refractivity contribution is -0.577. The third kappa shape index (κ3) is 2.42. The molecule has 2 aromatic rings. The zero-order valence-electron chi connectivity index (χ0n) is 12.2. The van der Waals surface area contributed by atoms with Crippen LogP contribution in [0.5, 0.6) is 0 Å². The summed E-state index contributed by atoms with van der Waals surface area (Å²) >= 11 is 6.97. The van der Waals surface area contributed by atoms with E-state index in [1.807, 2.05) is 6.07 Å². The van der Waals surface area contributed by atoms with E-state index in [1.165, 1.54) is 42.3 Å². The largest absolute Gasteiger partial charge is 0.465 e. The van der Waals surface area contributed by atoms with Crippen molar-refractivity contribution >= 4 is 46.2 Å². The maximum Gasteiger partial charge on any atom is 0.348 e. The number of nitrogens with zero attached hydrogens (tertiary/aromatic N) is 2. The Kier molecular flexibility index (Phi) is 4.01. The molecule has 0 saturated heterocycles. The van der Waals surface area contributed by atoms with Gasteiger partial charge in [0.2, 0.25) is 5.78 Å². The Morgan fingerprint density at radius 2 is 1.96 bits per heavy atom. The molecule has 0 bridgehead atoms. The number of ketones is 2. The summed E-state index contributed by atoms with van der Waals surface area (Å²) in [4.78, 5) is 37.1. The van der Waals surface area contributed by atoms with Crippen LogP contribution in [-0.2, 0) is 4.74 Å². The molecular formula is C16H8ClN2O4S+. The average molecular weight is 360 g/mol. The van der Waals surface area contributed by atoms with Gasteiger partial charge in [0.05, 0.1) is 29.2 Å². The van der Waals surface area contributed by atoms with Gasteiger partial charge in [-0.3, -0.25) is 9.59 Å². The molecule has 0 N–H and O–H groups in total. The van der Waals surface area contributed by atoms with Gasteiger partial charge in [-0.1, -0.05) is 11.6 Å². The molecule has 0 saturated carbocycles. The lowest BCUT2D eigenvalue weighted by Gasteiger charge is -2.09. The number of thiophene rings is 1. The number of Topliss-reactive ketones (excluding diaryl/α,β-unsaturated/α-hetero) is 2. The van der Waals surface area contributed by atoms with E-state index in [9.17, 15) is 14.4 Å². The number of allylic oxidation sites excluding steroid dienone is 2. The number of ether oxygens (including phenoxy) is 1. The van der Waals surface area contributed by atoms with Crippen LogP contribution < -0.4 is 4.57 Å². The molecule has 0 aliphatic heterocycles. The molecule has 0 amide bonds. The minimum atomic E-state index is -0.626. The van der Waals surface area contributed by atoms with Crippen LogP contribution in [0.3, 0.4) is 0 Å². The molecule has 0 atom stereocenters. The summed E-state index contributed by atoms with van der Waals surface area (Å²) in [6.45, 7) is 0. The molecule has 0 radical (unpaired) electrons. The maximum absolute atomic E-state index is 12.7. The van der Waals surface area contributed by atoms with Gasteiger partial charge in [-0.2, -0.15) is 9.83 Å². The molecular weight excluding hydrogens is 352 g/mol. The Balaban J connectivity index is 2.12. The SMILES string of the molecule is COC(=O)c1cc2c(s1)C(=O)C(Cl)=C([n+]1ccc(C#N)cc1)C2=O. The Morgan fingerprint density at radius 1 is 1.29 bits per heavy atom.